The van der Waals surface area contributed by atoms with E-state index in [2.05, 4.69) is 32.9 Å². The third-order valence-corrected chi connectivity index (χ3v) is 1.97. The monoisotopic (exact) mass is 159 g/mol. The van der Waals surface area contributed by atoms with Crippen molar-refractivity contribution in [2.45, 2.75) is 26.2 Å². The first kappa shape index (κ1) is 9.05. The normalized spacial score (nSPS) is 11.2. The molecule has 0 aliphatic rings. The van der Waals surface area contributed by atoms with Crippen molar-refractivity contribution in [3.8, 4) is 0 Å². The maximum atomic E-state index is 5.38. The molecular formula is C12H15. The highest BCUT2D eigenvalue weighted by Gasteiger charge is 2.12. The van der Waals surface area contributed by atoms with Gasteiger partial charge in [0.05, 0.1) is 0 Å². The van der Waals surface area contributed by atoms with Crippen molar-refractivity contribution in [3.05, 3.63) is 42.0 Å². The van der Waals surface area contributed by atoms with E-state index >= 15 is 0 Å². The van der Waals surface area contributed by atoms with Crippen molar-refractivity contribution < 1.29 is 0 Å². The van der Waals surface area contributed by atoms with Crippen molar-refractivity contribution in [2.24, 2.45) is 0 Å². The highest BCUT2D eigenvalue weighted by molar-refractivity contribution is 5.46. The van der Waals surface area contributed by atoms with E-state index in [-0.39, 0.29) is 5.41 Å². The summed E-state index contributed by atoms with van der Waals surface area (Å²) in [7, 11) is 0. The molecule has 0 aliphatic carbocycles. The molecule has 63 valence electrons. The summed E-state index contributed by atoms with van der Waals surface area (Å²) in [4.78, 5) is 0. The Labute approximate surface area is 74.9 Å². The van der Waals surface area contributed by atoms with Crippen LogP contribution in [-0.4, -0.2) is 0 Å². The van der Waals surface area contributed by atoms with E-state index in [0.29, 0.717) is 0 Å². The first-order valence-corrected chi connectivity index (χ1v) is 4.19. The molecule has 1 aromatic carbocycles. The Kier molecular flexibility index (Phi) is 2.37. The smallest absolute Gasteiger partial charge is 0.0132 e. The van der Waals surface area contributed by atoms with Gasteiger partial charge in [-0.3, -0.25) is 0 Å². The molecule has 1 aromatic rings. The molecule has 1 rings (SSSR count). The lowest BCUT2D eigenvalue weighted by molar-refractivity contribution is 0.590. The van der Waals surface area contributed by atoms with Crippen LogP contribution < -0.4 is 0 Å². The molecule has 0 aromatic heterocycles. The standard InChI is InChI=1S/C12H15/c1-5-10-6-8-11(9-7-10)12(2,3)4/h1,5-9H,2-4H3. The van der Waals surface area contributed by atoms with E-state index < -0.39 is 0 Å². The van der Waals surface area contributed by atoms with Crippen LogP contribution in [0.5, 0.6) is 0 Å². The van der Waals surface area contributed by atoms with Crippen molar-refractivity contribution in [3.63, 3.8) is 0 Å². The molecule has 0 saturated heterocycles. The zero-order valence-corrected chi connectivity index (χ0v) is 7.96. The fourth-order valence-electron chi connectivity index (χ4n) is 1.09. The summed E-state index contributed by atoms with van der Waals surface area (Å²) in [6.45, 7) is 12.0. The lowest BCUT2D eigenvalue weighted by Gasteiger charge is -2.18. The van der Waals surface area contributed by atoms with Gasteiger partial charge in [-0.15, -0.1) is 0 Å². The molecule has 0 nitrogen and oxygen atoms in total. The van der Waals surface area contributed by atoms with Crippen LogP contribution in [0.4, 0.5) is 0 Å². The quantitative estimate of drug-likeness (QED) is 0.589. The van der Waals surface area contributed by atoms with Gasteiger partial charge in [-0.2, -0.15) is 0 Å². The van der Waals surface area contributed by atoms with Gasteiger partial charge in [-0.05, 0) is 16.5 Å². The van der Waals surface area contributed by atoms with Gasteiger partial charge in [-0.25, -0.2) is 0 Å². The summed E-state index contributed by atoms with van der Waals surface area (Å²) >= 11 is 0. The first-order chi connectivity index (χ1) is 5.54. The van der Waals surface area contributed by atoms with Gasteiger partial charge < -0.3 is 0 Å². The summed E-state index contributed by atoms with van der Waals surface area (Å²) in [5.74, 6) is 0. The van der Waals surface area contributed by atoms with Crippen LogP contribution in [0.25, 0.3) is 6.08 Å². The molecular weight excluding hydrogens is 144 g/mol. The minimum Gasteiger partial charge on any atom is -0.0617 e. The summed E-state index contributed by atoms with van der Waals surface area (Å²) in [6.07, 6.45) is 1.62. The molecule has 0 N–H and O–H groups in total. The Hall–Kier alpha value is -1.04. The highest BCUT2D eigenvalue weighted by atomic mass is 14.2. The lowest BCUT2D eigenvalue weighted by atomic mass is 9.87. The second kappa shape index (κ2) is 3.14. The summed E-state index contributed by atoms with van der Waals surface area (Å²) < 4.78 is 0. The summed E-state index contributed by atoms with van der Waals surface area (Å²) in [5.41, 5.74) is 2.64. The van der Waals surface area contributed by atoms with Gasteiger partial charge in [0, 0.05) is 0 Å². The van der Waals surface area contributed by atoms with E-state index in [1.165, 1.54) is 5.56 Å². The minimum atomic E-state index is 0.229. The maximum Gasteiger partial charge on any atom is -0.0132 e. The Morgan fingerprint density at radius 3 is 1.92 bits per heavy atom. The molecule has 0 amide bonds. The van der Waals surface area contributed by atoms with E-state index in [0.717, 1.165) is 5.56 Å². The first-order valence-electron chi connectivity index (χ1n) is 4.19. The van der Waals surface area contributed by atoms with Crippen LogP contribution >= 0.6 is 0 Å². The Balaban J connectivity index is 3.00. The highest BCUT2D eigenvalue weighted by Crippen LogP contribution is 2.22. The molecule has 0 atom stereocenters. The molecule has 0 unspecified atom stereocenters. The van der Waals surface area contributed by atoms with E-state index in [1.54, 1.807) is 6.08 Å². The molecule has 0 spiro atoms. The molecule has 0 heterocycles. The topological polar surface area (TPSA) is 0 Å². The van der Waals surface area contributed by atoms with Gasteiger partial charge >= 0.3 is 0 Å². The van der Waals surface area contributed by atoms with Crippen molar-refractivity contribution in [1.82, 2.24) is 0 Å². The van der Waals surface area contributed by atoms with Gasteiger partial charge in [0.2, 0.25) is 0 Å². The zero-order chi connectivity index (χ0) is 9.19. The van der Waals surface area contributed by atoms with E-state index in [4.69, 9.17) is 6.58 Å². The molecule has 0 saturated carbocycles. The van der Waals surface area contributed by atoms with Crippen LogP contribution in [0.15, 0.2) is 24.3 Å². The molecule has 12 heavy (non-hydrogen) atoms. The third kappa shape index (κ3) is 1.97. The van der Waals surface area contributed by atoms with Crippen LogP contribution in [-0.2, 0) is 5.41 Å². The molecule has 0 heteroatoms. The van der Waals surface area contributed by atoms with Gasteiger partial charge in [0.15, 0.2) is 0 Å². The average molecular weight is 159 g/mol. The second-order valence-corrected chi connectivity index (χ2v) is 4.04. The van der Waals surface area contributed by atoms with Crippen LogP contribution in [0.1, 0.15) is 31.9 Å². The van der Waals surface area contributed by atoms with Crippen LogP contribution in [0.2, 0.25) is 0 Å². The second-order valence-electron chi connectivity index (χ2n) is 4.04. The van der Waals surface area contributed by atoms with Gasteiger partial charge in [0.25, 0.3) is 0 Å². The van der Waals surface area contributed by atoms with Crippen LogP contribution in [0, 0.1) is 6.58 Å². The fourth-order valence-corrected chi connectivity index (χ4v) is 1.09. The predicted molar refractivity (Wildman–Crippen MR) is 53.9 cm³/mol. The Morgan fingerprint density at radius 1 is 1.08 bits per heavy atom. The summed E-state index contributed by atoms with van der Waals surface area (Å²) in [6, 6.07) is 8.33. The van der Waals surface area contributed by atoms with E-state index in [1.807, 2.05) is 12.1 Å². The Morgan fingerprint density at radius 2 is 1.58 bits per heavy atom. The largest absolute Gasteiger partial charge is 0.0617 e. The van der Waals surface area contributed by atoms with Crippen LogP contribution in [0.3, 0.4) is 0 Å². The molecule has 0 fully saturated rings. The lowest BCUT2D eigenvalue weighted by Crippen LogP contribution is -2.10. The third-order valence-electron chi connectivity index (χ3n) is 1.97. The number of rotatable bonds is 1. The molecule has 0 aliphatic heterocycles. The minimum absolute atomic E-state index is 0.229. The number of benzene rings is 1. The van der Waals surface area contributed by atoms with Crippen molar-refractivity contribution >= 4 is 6.08 Å². The Bertz CT molecular complexity index is 259. The summed E-state index contributed by atoms with van der Waals surface area (Å²) in [5, 5.41) is 0. The van der Waals surface area contributed by atoms with Crippen molar-refractivity contribution in [2.75, 3.05) is 0 Å². The number of hydrogen-bond acceptors (Lipinski definition) is 0. The maximum absolute atomic E-state index is 5.38. The number of hydrogen-bond donors (Lipinski definition) is 0. The zero-order valence-electron chi connectivity index (χ0n) is 7.96. The SMILES string of the molecule is [CH]=Cc1ccc(C(C)(C)C)cc1. The fraction of sp³-hybridized carbons (Fsp3) is 0.333. The van der Waals surface area contributed by atoms with Crippen molar-refractivity contribution in [1.29, 1.82) is 0 Å². The average Bonchev–Trinajstić information content (AvgIpc) is 2.03. The van der Waals surface area contributed by atoms with Gasteiger partial charge in [-0.1, -0.05) is 57.7 Å². The molecule has 1 radical (unpaired) electrons. The van der Waals surface area contributed by atoms with Gasteiger partial charge in [0.1, 0.15) is 0 Å². The van der Waals surface area contributed by atoms with E-state index in [9.17, 15) is 0 Å². The molecule has 0 bridgehead atoms. The predicted octanol–water partition coefficient (Wildman–Crippen LogP) is 3.43.